The minimum Gasteiger partial charge on any atom is -0.507 e. The van der Waals surface area contributed by atoms with Crippen LogP contribution in [0.15, 0.2) is 72.3 Å². The topological polar surface area (TPSA) is 97.8 Å². The summed E-state index contributed by atoms with van der Waals surface area (Å²) in [4.78, 5) is 30.5. The molecule has 0 saturated carbocycles. The molecule has 1 saturated heterocycles. The van der Waals surface area contributed by atoms with Crippen LogP contribution in [0.25, 0.3) is 5.76 Å². The number of Topliss-reactive ketones (excluding diaryl/α,β-unsaturated/α-hetero) is 1. The first-order valence-electron chi connectivity index (χ1n) is 14.1. The van der Waals surface area contributed by atoms with Crippen molar-refractivity contribution in [1.29, 1.82) is 0 Å². The van der Waals surface area contributed by atoms with E-state index in [1.165, 1.54) is 4.90 Å². The van der Waals surface area contributed by atoms with Crippen molar-refractivity contribution in [3.8, 4) is 23.0 Å². The highest BCUT2D eigenvalue weighted by Gasteiger charge is 2.46. The van der Waals surface area contributed by atoms with Gasteiger partial charge in [0.15, 0.2) is 23.0 Å². The molecule has 1 amide bonds. The lowest BCUT2D eigenvalue weighted by Gasteiger charge is -2.27. The summed E-state index contributed by atoms with van der Waals surface area (Å²) < 4.78 is 23.3. The Bertz CT molecular complexity index is 1470. The summed E-state index contributed by atoms with van der Waals surface area (Å²) in [7, 11) is 3.91. The van der Waals surface area contributed by atoms with Crippen molar-refractivity contribution in [2.75, 3.05) is 47.0 Å². The average Bonchev–Trinajstić information content (AvgIpc) is 3.25. The van der Waals surface area contributed by atoms with Crippen LogP contribution >= 0.6 is 0 Å². The molecule has 5 rings (SSSR count). The molecule has 42 heavy (non-hydrogen) atoms. The second-order valence-corrected chi connectivity index (χ2v) is 10.4. The second-order valence-electron chi connectivity index (χ2n) is 10.4. The molecule has 0 radical (unpaired) electrons. The standard InChI is InChI=1S/C33H36N2O7/c1-4-39-27-19-23(11-13-26(27)42-21-22-9-6-5-7-10-22)30-29(32(37)33(38)35(30)16-8-15-34(2)3)31(36)24-12-14-25-28(20-24)41-18-17-40-25/h5-7,9-14,19-20,30,36H,4,8,15-18,21H2,1-3H3/b31-29+. The number of carbonyl (C=O) groups is 2. The number of ether oxygens (including phenoxy) is 4. The van der Waals surface area contributed by atoms with E-state index < -0.39 is 17.7 Å². The van der Waals surface area contributed by atoms with Crippen LogP contribution in [0, 0.1) is 0 Å². The lowest BCUT2D eigenvalue weighted by atomic mass is 9.94. The second kappa shape index (κ2) is 13.0. The summed E-state index contributed by atoms with van der Waals surface area (Å²) in [5.74, 6) is 0.407. The molecule has 3 aromatic carbocycles. The van der Waals surface area contributed by atoms with E-state index in [9.17, 15) is 14.7 Å². The number of hydrogen-bond donors (Lipinski definition) is 1. The predicted molar refractivity (Wildman–Crippen MR) is 158 cm³/mol. The highest BCUT2D eigenvalue weighted by molar-refractivity contribution is 6.46. The molecule has 9 heteroatoms. The molecule has 1 unspecified atom stereocenters. The van der Waals surface area contributed by atoms with E-state index in [1.54, 1.807) is 30.3 Å². The number of likely N-dealkylation sites (tertiary alicyclic amines) is 1. The normalized spacial score (nSPS) is 17.5. The van der Waals surface area contributed by atoms with E-state index in [2.05, 4.69) is 0 Å². The molecule has 220 valence electrons. The number of fused-ring (bicyclic) bond motifs is 1. The number of amides is 1. The molecule has 0 aromatic heterocycles. The number of ketones is 1. The zero-order valence-corrected chi connectivity index (χ0v) is 24.2. The third kappa shape index (κ3) is 6.21. The first-order chi connectivity index (χ1) is 20.4. The molecular weight excluding hydrogens is 536 g/mol. The third-order valence-corrected chi connectivity index (χ3v) is 7.18. The van der Waals surface area contributed by atoms with E-state index in [-0.39, 0.29) is 11.3 Å². The number of benzene rings is 3. The van der Waals surface area contributed by atoms with Gasteiger partial charge in [-0.1, -0.05) is 36.4 Å². The van der Waals surface area contributed by atoms with Gasteiger partial charge in [-0.3, -0.25) is 9.59 Å². The van der Waals surface area contributed by atoms with Gasteiger partial charge in [0.2, 0.25) is 0 Å². The third-order valence-electron chi connectivity index (χ3n) is 7.18. The number of carbonyl (C=O) groups excluding carboxylic acids is 2. The molecule has 1 N–H and O–H groups in total. The van der Waals surface area contributed by atoms with Crippen molar-refractivity contribution >= 4 is 17.4 Å². The van der Waals surface area contributed by atoms with Crippen molar-refractivity contribution < 1.29 is 33.6 Å². The largest absolute Gasteiger partial charge is 0.507 e. The molecule has 2 aliphatic rings. The first-order valence-corrected chi connectivity index (χ1v) is 14.1. The van der Waals surface area contributed by atoms with E-state index in [0.717, 1.165) is 12.1 Å². The lowest BCUT2D eigenvalue weighted by Crippen LogP contribution is -2.32. The summed E-state index contributed by atoms with van der Waals surface area (Å²) >= 11 is 0. The van der Waals surface area contributed by atoms with Crippen LogP contribution in [-0.4, -0.2) is 73.6 Å². The monoisotopic (exact) mass is 572 g/mol. The average molecular weight is 573 g/mol. The van der Waals surface area contributed by atoms with Crippen LogP contribution in [0.5, 0.6) is 23.0 Å². The van der Waals surface area contributed by atoms with Crippen molar-refractivity contribution in [1.82, 2.24) is 9.80 Å². The fraction of sp³-hybridized carbons (Fsp3) is 0.333. The Morgan fingerprint density at radius 1 is 0.952 bits per heavy atom. The first kappa shape index (κ1) is 29.0. The highest BCUT2D eigenvalue weighted by atomic mass is 16.6. The summed E-state index contributed by atoms with van der Waals surface area (Å²) in [5.41, 5.74) is 2.02. The Hall–Kier alpha value is -4.50. The van der Waals surface area contributed by atoms with Crippen LogP contribution in [0.3, 0.4) is 0 Å². The van der Waals surface area contributed by atoms with Crippen molar-refractivity contribution in [3.63, 3.8) is 0 Å². The predicted octanol–water partition coefficient (Wildman–Crippen LogP) is 4.81. The van der Waals surface area contributed by atoms with Gasteiger partial charge < -0.3 is 33.9 Å². The smallest absolute Gasteiger partial charge is 0.295 e. The summed E-state index contributed by atoms with van der Waals surface area (Å²) in [6.45, 7) is 4.51. The Kier molecular flexibility index (Phi) is 8.97. The minimum atomic E-state index is -0.817. The van der Waals surface area contributed by atoms with Gasteiger partial charge in [-0.25, -0.2) is 0 Å². The zero-order chi connectivity index (χ0) is 29.6. The lowest BCUT2D eigenvalue weighted by molar-refractivity contribution is -0.139. The van der Waals surface area contributed by atoms with Crippen LogP contribution in [0.4, 0.5) is 0 Å². The molecule has 1 atom stereocenters. The van der Waals surface area contributed by atoms with Gasteiger partial charge in [-0.2, -0.15) is 0 Å². The Labute approximate surface area is 245 Å². The number of nitrogens with zero attached hydrogens (tertiary/aromatic N) is 2. The molecule has 0 bridgehead atoms. The number of hydrogen-bond acceptors (Lipinski definition) is 8. The molecule has 0 spiro atoms. The Morgan fingerprint density at radius 3 is 2.45 bits per heavy atom. The molecule has 9 nitrogen and oxygen atoms in total. The van der Waals surface area contributed by atoms with Gasteiger partial charge in [-0.15, -0.1) is 0 Å². The van der Waals surface area contributed by atoms with E-state index in [0.29, 0.717) is 73.5 Å². The van der Waals surface area contributed by atoms with E-state index >= 15 is 0 Å². The SMILES string of the molecule is CCOc1cc(C2/C(=C(\O)c3ccc4c(c3)OCCO4)C(=O)C(=O)N2CCCN(C)C)ccc1OCc1ccccc1. The van der Waals surface area contributed by atoms with Gasteiger partial charge in [0, 0.05) is 12.1 Å². The molecule has 0 aliphatic carbocycles. The highest BCUT2D eigenvalue weighted by Crippen LogP contribution is 2.43. The van der Waals surface area contributed by atoms with Gasteiger partial charge in [0.1, 0.15) is 25.6 Å². The van der Waals surface area contributed by atoms with E-state index in [4.69, 9.17) is 18.9 Å². The van der Waals surface area contributed by atoms with Crippen LogP contribution in [-0.2, 0) is 16.2 Å². The molecule has 3 aromatic rings. The van der Waals surface area contributed by atoms with Gasteiger partial charge in [-0.05, 0) is 75.4 Å². The maximum absolute atomic E-state index is 13.5. The fourth-order valence-corrected chi connectivity index (χ4v) is 5.18. The van der Waals surface area contributed by atoms with Crippen molar-refractivity contribution in [2.45, 2.75) is 26.0 Å². The van der Waals surface area contributed by atoms with Crippen molar-refractivity contribution in [2.24, 2.45) is 0 Å². The molecule has 2 aliphatic heterocycles. The van der Waals surface area contributed by atoms with Crippen LogP contribution in [0.2, 0.25) is 0 Å². The maximum Gasteiger partial charge on any atom is 0.295 e. The quantitative estimate of drug-likeness (QED) is 0.199. The Balaban J connectivity index is 1.55. The summed E-state index contributed by atoms with van der Waals surface area (Å²) in [6.07, 6.45) is 0.650. The summed E-state index contributed by atoms with van der Waals surface area (Å²) in [6, 6.07) is 19.4. The van der Waals surface area contributed by atoms with E-state index in [1.807, 2.05) is 62.3 Å². The number of aliphatic hydroxyl groups is 1. The van der Waals surface area contributed by atoms with Gasteiger partial charge in [0.05, 0.1) is 18.2 Å². The summed E-state index contributed by atoms with van der Waals surface area (Å²) in [5, 5.41) is 11.5. The fourth-order valence-electron chi connectivity index (χ4n) is 5.18. The molecule has 2 heterocycles. The maximum atomic E-state index is 13.5. The molecule has 1 fully saturated rings. The minimum absolute atomic E-state index is 0.0157. The number of rotatable bonds is 11. The van der Waals surface area contributed by atoms with Gasteiger partial charge in [0.25, 0.3) is 11.7 Å². The Morgan fingerprint density at radius 2 is 1.71 bits per heavy atom. The van der Waals surface area contributed by atoms with Crippen LogP contribution in [0.1, 0.15) is 36.1 Å². The number of aliphatic hydroxyl groups excluding tert-OH is 1. The zero-order valence-electron chi connectivity index (χ0n) is 24.2. The van der Waals surface area contributed by atoms with Gasteiger partial charge >= 0.3 is 0 Å². The molecular formula is C33H36N2O7. The van der Waals surface area contributed by atoms with Crippen molar-refractivity contribution in [3.05, 3.63) is 89.0 Å². The van der Waals surface area contributed by atoms with Crippen LogP contribution < -0.4 is 18.9 Å².